The van der Waals surface area contributed by atoms with Crippen LogP contribution in [0.1, 0.15) is 55.8 Å². The fraction of sp³-hybridized carbons (Fsp3) is 0.588. The van der Waals surface area contributed by atoms with Crippen molar-refractivity contribution in [2.45, 2.75) is 51.5 Å². The minimum atomic E-state index is 0.0443. The number of carbonyl (C=O) groups excluding carboxylic acids is 1. The molecule has 0 aromatic heterocycles. The monoisotopic (exact) mass is 272 g/mol. The number of hydrogen-bond donors (Lipinski definition) is 1. The third-order valence-corrected chi connectivity index (χ3v) is 4.99. The van der Waals surface area contributed by atoms with E-state index in [1.54, 1.807) is 6.92 Å². The Kier molecular flexibility index (Phi) is 3.68. The predicted molar refractivity (Wildman–Crippen MR) is 83.2 cm³/mol. The molecule has 0 spiro atoms. The number of anilines is 2. The molecule has 1 unspecified atom stereocenters. The van der Waals surface area contributed by atoms with Crippen LogP contribution in [0, 0.1) is 5.92 Å². The molecule has 2 aliphatic rings. The van der Waals surface area contributed by atoms with E-state index in [-0.39, 0.29) is 5.78 Å². The summed E-state index contributed by atoms with van der Waals surface area (Å²) < 4.78 is 0. The van der Waals surface area contributed by atoms with E-state index in [0.717, 1.165) is 12.5 Å². The van der Waals surface area contributed by atoms with Gasteiger partial charge in [-0.25, -0.2) is 0 Å². The molecule has 2 fully saturated rings. The Bertz CT molecular complexity index is 506. The van der Waals surface area contributed by atoms with E-state index in [4.69, 9.17) is 5.73 Å². The van der Waals surface area contributed by atoms with E-state index < -0.39 is 0 Å². The zero-order valence-electron chi connectivity index (χ0n) is 12.3. The lowest BCUT2D eigenvalue weighted by Gasteiger charge is -2.31. The van der Waals surface area contributed by atoms with Gasteiger partial charge in [0.15, 0.2) is 5.78 Å². The second-order valence-corrected chi connectivity index (χ2v) is 6.28. The van der Waals surface area contributed by atoms with Crippen LogP contribution in [-0.2, 0) is 0 Å². The average molecular weight is 272 g/mol. The van der Waals surface area contributed by atoms with Crippen LogP contribution in [0.5, 0.6) is 0 Å². The van der Waals surface area contributed by atoms with Crippen LogP contribution >= 0.6 is 0 Å². The molecule has 3 rings (SSSR count). The summed E-state index contributed by atoms with van der Waals surface area (Å²) in [5.41, 5.74) is 8.50. The highest BCUT2D eigenvalue weighted by molar-refractivity contribution is 5.99. The number of ketones is 1. The van der Waals surface area contributed by atoms with Crippen LogP contribution in [0.2, 0.25) is 0 Å². The second-order valence-electron chi connectivity index (χ2n) is 6.28. The molecule has 1 saturated carbocycles. The lowest BCUT2D eigenvalue weighted by atomic mass is 9.95. The molecule has 20 heavy (non-hydrogen) atoms. The van der Waals surface area contributed by atoms with E-state index in [9.17, 15) is 4.79 Å². The molecule has 2 N–H and O–H groups in total. The standard InChI is InChI=1S/C17H24N2O/c1-12(20)15-9-8-14(11-16(15)18)19-10-4-7-17(19)13-5-2-3-6-13/h8-9,11,13,17H,2-7,10,18H2,1H3. The van der Waals surface area contributed by atoms with Gasteiger partial charge in [-0.15, -0.1) is 0 Å². The number of carbonyl (C=O) groups is 1. The molecule has 1 aromatic carbocycles. The zero-order valence-corrected chi connectivity index (χ0v) is 12.3. The molecule has 1 aliphatic heterocycles. The zero-order chi connectivity index (χ0) is 14.1. The number of nitrogens with zero attached hydrogens (tertiary/aromatic N) is 1. The third kappa shape index (κ3) is 2.41. The molecule has 108 valence electrons. The fourth-order valence-electron chi connectivity index (χ4n) is 3.99. The molecule has 0 radical (unpaired) electrons. The van der Waals surface area contributed by atoms with Gasteiger partial charge in [-0.1, -0.05) is 12.8 Å². The Labute approximate surface area is 121 Å². The summed E-state index contributed by atoms with van der Waals surface area (Å²) in [6, 6.07) is 6.63. The van der Waals surface area contributed by atoms with Gasteiger partial charge in [0.05, 0.1) is 0 Å². The highest BCUT2D eigenvalue weighted by Gasteiger charge is 2.33. The summed E-state index contributed by atoms with van der Waals surface area (Å²) in [5, 5.41) is 0. The summed E-state index contributed by atoms with van der Waals surface area (Å²) in [6.45, 7) is 2.70. The smallest absolute Gasteiger partial charge is 0.161 e. The van der Waals surface area contributed by atoms with Crippen molar-refractivity contribution >= 4 is 17.2 Å². The first-order chi connectivity index (χ1) is 9.66. The highest BCUT2D eigenvalue weighted by Crippen LogP contribution is 2.38. The largest absolute Gasteiger partial charge is 0.398 e. The van der Waals surface area contributed by atoms with Gasteiger partial charge < -0.3 is 10.6 Å². The number of benzene rings is 1. The lowest BCUT2D eigenvalue weighted by molar-refractivity contribution is 0.101. The molecular formula is C17H24N2O. The molecule has 1 aliphatic carbocycles. The number of nitrogen functional groups attached to an aromatic ring is 1. The van der Waals surface area contributed by atoms with E-state index >= 15 is 0 Å². The molecule has 1 atom stereocenters. The Morgan fingerprint density at radius 3 is 2.60 bits per heavy atom. The highest BCUT2D eigenvalue weighted by atomic mass is 16.1. The maximum atomic E-state index is 11.5. The van der Waals surface area contributed by atoms with Gasteiger partial charge >= 0.3 is 0 Å². The van der Waals surface area contributed by atoms with Crippen LogP contribution < -0.4 is 10.6 Å². The van der Waals surface area contributed by atoms with E-state index in [0.29, 0.717) is 17.3 Å². The Balaban J connectivity index is 1.84. The second kappa shape index (κ2) is 5.47. The van der Waals surface area contributed by atoms with Crippen LogP contribution in [0.3, 0.4) is 0 Å². The van der Waals surface area contributed by atoms with Crippen molar-refractivity contribution in [3.05, 3.63) is 23.8 Å². The van der Waals surface area contributed by atoms with Crippen molar-refractivity contribution in [2.24, 2.45) is 5.92 Å². The normalized spacial score (nSPS) is 23.4. The van der Waals surface area contributed by atoms with E-state index in [1.165, 1.54) is 44.2 Å². The minimum Gasteiger partial charge on any atom is -0.398 e. The SMILES string of the molecule is CC(=O)c1ccc(N2CCCC2C2CCCC2)cc1N. The average Bonchev–Trinajstić information content (AvgIpc) is 3.09. The van der Waals surface area contributed by atoms with Crippen molar-refractivity contribution in [3.8, 4) is 0 Å². The van der Waals surface area contributed by atoms with Crippen molar-refractivity contribution in [3.63, 3.8) is 0 Å². The molecule has 1 aromatic rings. The summed E-state index contributed by atoms with van der Waals surface area (Å²) in [7, 11) is 0. The van der Waals surface area contributed by atoms with Crippen LogP contribution in [0.4, 0.5) is 11.4 Å². The quantitative estimate of drug-likeness (QED) is 0.675. The first-order valence-electron chi connectivity index (χ1n) is 7.84. The van der Waals surface area contributed by atoms with E-state index in [1.807, 2.05) is 12.1 Å². The fourth-order valence-corrected chi connectivity index (χ4v) is 3.99. The van der Waals surface area contributed by atoms with Crippen molar-refractivity contribution < 1.29 is 4.79 Å². The Morgan fingerprint density at radius 1 is 1.20 bits per heavy atom. The van der Waals surface area contributed by atoms with Gasteiger partial charge in [-0.3, -0.25) is 4.79 Å². The first-order valence-corrected chi connectivity index (χ1v) is 7.84. The van der Waals surface area contributed by atoms with Gasteiger partial charge in [0.2, 0.25) is 0 Å². The van der Waals surface area contributed by atoms with Crippen LogP contribution in [-0.4, -0.2) is 18.4 Å². The number of rotatable bonds is 3. The minimum absolute atomic E-state index is 0.0443. The van der Waals surface area contributed by atoms with Crippen molar-refractivity contribution in [2.75, 3.05) is 17.2 Å². The molecule has 0 bridgehead atoms. The molecule has 1 saturated heterocycles. The summed E-state index contributed by atoms with van der Waals surface area (Å²) in [6.07, 6.45) is 8.11. The maximum Gasteiger partial charge on any atom is 0.161 e. The van der Waals surface area contributed by atoms with Crippen molar-refractivity contribution in [1.29, 1.82) is 0 Å². The topological polar surface area (TPSA) is 46.3 Å². The van der Waals surface area contributed by atoms with Gasteiger partial charge in [-0.2, -0.15) is 0 Å². The van der Waals surface area contributed by atoms with Gasteiger partial charge in [0.25, 0.3) is 0 Å². The number of hydrogen-bond acceptors (Lipinski definition) is 3. The Hall–Kier alpha value is -1.51. The lowest BCUT2D eigenvalue weighted by Crippen LogP contribution is -2.34. The van der Waals surface area contributed by atoms with Gasteiger partial charge in [0.1, 0.15) is 0 Å². The summed E-state index contributed by atoms with van der Waals surface area (Å²) in [4.78, 5) is 14.0. The van der Waals surface area contributed by atoms with Crippen LogP contribution in [0.25, 0.3) is 0 Å². The van der Waals surface area contributed by atoms with Crippen LogP contribution in [0.15, 0.2) is 18.2 Å². The predicted octanol–water partition coefficient (Wildman–Crippen LogP) is 3.63. The van der Waals surface area contributed by atoms with Gasteiger partial charge in [0, 0.05) is 29.5 Å². The first kappa shape index (κ1) is 13.5. The number of Topliss-reactive ketones (excluding diaryl/α,β-unsaturated/α-hetero) is 1. The number of nitrogens with two attached hydrogens (primary N) is 1. The third-order valence-electron chi connectivity index (χ3n) is 4.99. The van der Waals surface area contributed by atoms with E-state index in [2.05, 4.69) is 11.0 Å². The van der Waals surface area contributed by atoms with Crippen molar-refractivity contribution in [1.82, 2.24) is 0 Å². The molecule has 3 heteroatoms. The summed E-state index contributed by atoms with van der Waals surface area (Å²) >= 11 is 0. The molecular weight excluding hydrogens is 248 g/mol. The molecule has 1 heterocycles. The summed E-state index contributed by atoms with van der Waals surface area (Å²) in [5.74, 6) is 0.897. The molecule has 0 amide bonds. The maximum absolute atomic E-state index is 11.5. The Morgan fingerprint density at radius 2 is 1.95 bits per heavy atom. The van der Waals surface area contributed by atoms with Gasteiger partial charge in [-0.05, 0) is 56.7 Å². The molecule has 3 nitrogen and oxygen atoms in total.